The first-order valence-corrected chi connectivity index (χ1v) is 10.4. The van der Waals surface area contributed by atoms with Gasteiger partial charge in [0.15, 0.2) is 0 Å². The molecule has 4 rings (SSSR count). The largest absolute Gasteiger partial charge is 0.480 e. The number of carbonyl (C=O) groups is 2. The molecule has 1 unspecified atom stereocenters. The Morgan fingerprint density at radius 2 is 1.74 bits per heavy atom. The first kappa shape index (κ1) is 20.7. The van der Waals surface area contributed by atoms with E-state index in [0.29, 0.717) is 6.54 Å². The third kappa shape index (κ3) is 4.30. The van der Waals surface area contributed by atoms with Gasteiger partial charge < -0.3 is 15.2 Å². The van der Waals surface area contributed by atoms with E-state index in [1.165, 1.54) is 0 Å². The summed E-state index contributed by atoms with van der Waals surface area (Å²) in [6.45, 7) is 2.86. The average Bonchev–Trinajstić information content (AvgIpc) is 3.34. The van der Waals surface area contributed by atoms with Gasteiger partial charge in [0.05, 0.1) is 0 Å². The maximum Gasteiger partial charge on any atom is 0.407 e. The highest BCUT2D eigenvalue weighted by Crippen LogP contribution is 2.44. The van der Waals surface area contributed by atoms with Gasteiger partial charge in [0.25, 0.3) is 0 Å². The van der Waals surface area contributed by atoms with E-state index < -0.39 is 18.1 Å². The van der Waals surface area contributed by atoms with Crippen LogP contribution < -0.4 is 5.32 Å². The third-order valence-electron chi connectivity index (χ3n) is 5.59. The summed E-state index contributed by atoms with van der Waals surface area (Å²) in [5.41, 5.74) is 5.25. The second kappa shape index (κ2) is 9.04. The monoisotopic (exact) mass is 419 g/mol. The third-order valence-corrected chi connectivity index (χ3v) is 5.59. The van der Waals surface area contributed by atoms with Crippen LogP contribution >= 0.6 is 0 Å². The lowest BCUT2D eigenvalue weighted by atomic mass is 9.98. The molecule has 0 saturated carbocycles. The van der Waals surface area contributed by atoms with Gasteiger partial charge in [-0.2, -0.15) is 5.10 Å². The minimum absolute atomic E-state index is 0.0765. The van der Waals surface area contributed by atoms with Crippen LogP contribution in [0.15, 0.2) is 60.8 Å². The molecule has 0 saturated heterocycles. The number of aryl methyl sites for hydroxylation is 1. The number of aromatic nitrogens is 2. The van der Waals surface area contributed by atoms with Crippen molar-refractivity contribution in [2.24, 2.45) is 0 Å². The average molecular weight is 419 g/mol. The van der Waals surface area contributed by atoms with Crippen LogP contribution in [0.2, 0.25) is 0 Å². The predicted octanol–water partition coefficient (Wildman–Crippen LogP) is 3.83. The highest BCUT2D eigenvalue weighted by Gasteiger charge is 2.30. The summed E-state index contributed by atoms with van der Waals surface area (Å²) >= 11 is 0. The molecule has 1 heterocycles. The molecule has 0 bridgehead atoms. The standard InChI is InChI=1S/C24H25N3O4/c1-2-13-27-16(11-12-25-27)14-22(23(28)29)26-24(30)31-15-21-19-9-5-3-7-17(19)18-8-4-6-10-20(18)21/h3-12,21-22H,2,13-15H2,1H3,(H,26,30)(H,28,29). The lowest BCUT2D eigenvalue weighted by Gasteiger charge is -2.18. The Balaban J connectivity index is 1.42. The Hall–Kier alpha value is -3.61. The zero-order chi connectivity index (χ0) is 21.8. The van der Waals surface area contributed by atoms with Gasteiger partial charge in [0, 0.05) is 30.8 Å². The number of carbonyl (C=O) groups excluding carboxylic acids is 1. The molecular formula is C24H25N3O4. The van der Waals surface area contributed by atoms with Crippen molar-refractivity contribution in [2.45, 2.75) is 38.3 Å². The van der Waals surface area contributed by atoms with Gasteiger partial charge >= 0.3 is 12.1 Å². The highest BCUT2D eigenvalue weighted by atomic mass is 16.5. The second-order valence-electron chi connectivity index (χ2n) is 7.61. The number of alkyl carbamates (subject to hydrolysis) is 1. The van der Waals surface area contributed by atoms with Crippen molar-refractivity contribution in [3.05, 3.63) is 77.6 Å². The topological polar surface area (TPSA) is 93.5 Å². The van der Waals surface area contributed by atoms with Crippen molar-refractivity contribution in [1.82, 2.24) is 15.1 Å². The number of fused-ring (bicyclic) bond motifs is 3. The number of rotatable bonds is 8. The number of hydrogen-bond acceptors (Lipinski definition) is 4. The van der Waals surface area contributed by atoms with Crippen molar-refractivity contribution in [3.8, 4) is 11.1 Å². The van der Waals surface area contributed by atoms with Gasteiger partial charge in [-0.15, -0.1) is 0 Å². The number of hydrogen-bond donors (Lipinski definition) is 2. The number of aliphatic carboxylic acids is 1. The first-order chi connectivity index (χ1) is 15.1. The van der Waals surface area contributed by atoms with Gasteiger partial charge in [0.1, 0.15) is 12.6 Å². The van der Waals surface area contributed by atoms with E-state index in [1.54, 1.807) is 16.9 Å². The highest BCUT2D eigenvalue weighted by molar-refractivity contribution is 5.81. The second-order valence-corrected chi connectivity index (χ2v) is 7.61. The van der Waals surface area contributed by atoms with E-state index in [9.17, 15) is 14.7 Å². The molecular weight excluding hydrogens is 394 g/mol. The van der Waals surface area contributed by atoms with E-state index in [4.69, 9.17) is 4.74 Å². The lowest BCUT2D eigenvalue weighted by molar-refractivity contribution is -0.139. The Morgan fingerprint density at radius 3 is 2.35 bits per heavy atom. The van der Waals surface area contributed by atoms with E-state index in [-0.39, 0.29) is 18.9 Å². The molecule has 2 N–H and O–H groups in total. The van der Waals surface area contributed by atoms with Crippen LogP contribution in [0.1, 0.15) is 36.1 Å². The first-order valence-electron chi connectivity index (χ1n) is 10.4. The summed E-state index contributed by atoms with van der Waals surface area (Å²) in [5.74, 6) is -1.19. The van der Waals surface area contributed by atoms with E-state index >= 15 is 0 Å². The number of carboxylic acids is 1. The molecule has 3 aromatic rings. The minimum atomic E-state index is -1.11. The predicted molar refractivity (Wildman–Crippen MR) is 116 cm³/mol. The molecule has 1 aliphatic rings. The maximum atomic E-state index is 12.5. The summed E-state index contributed by atoms with van der Waals surface area (Å²) in [4.78, 5) is 24.2. The molecule has 1 atom stereocenters. The molecule has 2 aromatic carbocycles. The van der Waals surface area contributed by atoms with Crippen molar-refractivity contribution in [2.75, 3.05) is 6.61 Å². The zero-order valence-corrected chi connectivity index (χ0v) is 17.3. The molecule has 1 aromatic heterocycles. The molecule has 1 amide bonds. The van der Waals surface area contributed by atoms with Crippen molar-refractivity contribution in [3.63, 3.8) is 0 Å². The van der Waals surface area contributed by atoms with Gasteiger partial charge in [-0.25, -0.2) is 9.59 Å². The molecule has 7 nitrogen and oxygen atoms in total. The summed E-state index contributed by atoms with van der Waals surface area (Å²) in [5, 5.41) is 16.3. The van der Waals surface area contributed by atoms with E-state index in [2.05, 4.69) is 22.5 Å². The summed E-state index contributed by atoms with van der Waals surface area (Å²) < 4.78 is 7.24. The smallest absolute Gasteiger partial charge is 0.407 e. The Kier molecular flexibility index (Phi) is 6.02. The van der Waals surface area contributed by atoms with Gasteiger partial charge in [-0.3, -0.25) is 4.68 Å². The zero-order valence-electron chi connectivity index (χ0n) is 17.3. The van der Waals surface area contributed by atoms with Crippen LogP contribution in [0.3, 0.4) is 0 Å². The Labute approximate surface area is 180 Å². The summed E-state index contributed by atoms with van der Waals surface area (Å²) in [6.07, 6.45) is 1.92. The summed E-state index contributed by atoms with van der Waals surface area (Å²) in [6, 6.07) is 16.8. The normalized spacial score (nSPS) is 13.3. The lowest BCUT2D eigenvalue weighted by Crippen LogP contribution is -2.43. The van der Waals surface area contributed by atoms with Gasteiger partial charge in [-0.05, 0) is 34.7 Å². The molecule has 0 fully saturated rings. The van der Waals surface area contributed by atoms with E-state index in [0.717, 1.165) is 34.4 Å². The number of ether oxygens (including phenoxy) is 1. The molecule has 31 heavy (non-hydrogen) atoms. The van der Waals surface area contributed by atoms with Crippen LogP contribution in [0.5, 0.6) is 0 Å². The molecule has 0 radical (unpaired) electrons. The number of nitrogens with one attached hydrogen (secondary N) is 1. The van der Waals surface area contributed by atoms with Crippen LogP contribution in [0, 0.1) is 0 Å². The van der Waals surface area contributed by atoms with Crippen molar-refractivity contribution < 1.29 is 19.4 Å². The summed E-state index contributed by atoms with van der Waals surface area (Å²) in [7, 11) is 0. The number of benzene rings is 2. The maximum absolute atomic E-state index is 12.5. The Morgan fingerprint density at radius 1 is 1.10 bits per heavy atom. The number of nitrogens with zero attached hydrogens (tertiary/aromatic N) is 2. The minimum Gasteiger partial charge on any atom is -0.480 e. The number of carboxylic acid groups (broad SMARTS) is 1. The van der Waals surface area contributed by atoms with Crippen LogP contribution in [-0.2, 0) is 22.5 Å². The molecule has 160 valence electrons. The van der Waals surface area contributed by atoms with Crippen LogP contribution in [0.4, 0.5) is 4.79 Å². The molecule has 1 aliphatic carbocycles. The number of amides is 1. The van der Waals surface area contributed by atoms with E-state index in [1.807, 2.05) is 43.3 Å². The molecule has 7 heteroatoms. The fourth-order valence-electron chi connectivity index (χ4n) is 4.14. The van der Waals surface area contributed by atoms with Gasteiger partial charge in [-0.1, -0.05) is 55.5 Å². The van der Waals surface area contributed by atoms with Gasteiger partial charge in [0.2, 0.25) is 0 Å². The van der Waals surface area contributed by atoms with Crippen molar-refractivity contribution >= 4 is 12.1 Å². The molecule has 0 aliphatic heterocycles. The Bertz CT molecular complexity index is 1050. The van der Waals surface area contributed by atoms with Crippen LogP contribution in [-0.4, -0.2) is 39.6 Å². The quantitative estimate of drug-likeness (QED) is 0.579. The fourth-order valence-corrected chi connectivity index (χ4v) is 4.14. The molecule has 0 spiro atoms. The SMILES string of the molecule is CCCn1nccc1CC(NC(=O)OCC1c2ccccc2-c2ccccc21)C(=O)O. The fraction of sp³-hybridized carbons (Fsp3) is 0.292. The van der Waals surface area contributed by atoms with Crippen molar-refractivity contribution in [1.29, 1.82) is 0 Å². The van der Waals surface area contributed by atoms with Crippen LogP contribution in [0.25, 0.3) is 11.1 Å².